The van der Waals surface area contributed by atoms with Crippen molar-refractivity contribution in [3.63, 3.8) is 0 Å². The molecule has 1 fully saturated rings. The maximum absolute atomic E-state index is 10.7. The van der Waals surface area contributed by atoms with Crippen molar-refractivity contribution in [3.05, 3.63) is 23.1 Å². The Balaban J connectivity index is 1.81. The second kappa shape index (κ2) is 4.49. The summed E-state index contributed by atoms with van der Waals surface area (Å²) in [6, 6.07) is 3.52. The van der Waals surface area contributed by atoms with E-state index in [1.807, 2.05) is 6.07 Å². The van der Waals surface area contributed by atoms with Gasteiger partial charge in [0.2, 0.25) is 0 Å². The molecule has 0 radical (unpaired) electrons. The van der Waals surface area contributed by atoms with Gasteiger partial charge in [0.05, 0.1) is 11.7 Å². The van der Waals surface area contributed by atoms with Crippen LogP contribution in [0.25, 0.3) is 0 Å². The third kappa shape index (κ3) is 2.49. The number of carbonyl (C=O) groups is 1. The van der Waals surface area contributed by atoms with Crippen molar-refractivity contribution in [2.45, 2.75) is 23.8 Å². The molecule has 2 rings (SSSR count). The lowest BCUT2D eigenvalue weighted by Crippen LogP contribution is -2.35. The molecule has 1 aliphatic rings. The lowest BCUT2D eigenvalue weighted by atomic mass is 9.85. The zero-order chi connectivity index (χ0) is 10.8. The fraction of sp³-hybridized carbons (Fsp3) is 0.500. The monoisotopic (exact) mass is 246 g/mol. The van der Waals surface area contributed by atoms with Gasteiger partial charge in [0.1, 0.15) is 5.76 Å². The lowest BCUT2D eigenvalue weighted by Gasteiger charge is -2.32. The van der Waals surface area contributed by atoms with Gasteiger partial charge < -0.3 is 9.52 Å². The number of hydrogen-bond acceptors (Lipinski definition) is 3. The van der Waals surface area contributed by atoms with Gasteiger partial charge in [-0.1, -0.05) is 0 Å². The molecule has 1 saturated carbocycles. The summed E-state index contributed by atoms with van der Waals surface area (Å²) in [4.78, 5) is 10.7. The molecule has 2 unspecified atom stereocenters. The quantitative estimate of drug-likeness (QED) is 0.887. The fourth-order valence-electron chi connectivity index (χ4n) is 1.57. The van der Waals surface area contributed by atoms with E-state index in [2.05, 4.69) is 0 Å². The molecule has 1 aromatic heterocycles. The van der Waals surface area contributed by atoms with Crippen LogP contribution in [0.15, 0.2) is 16.5 Å². The van der Waals surface area contributed by atoms with Crippen molar-refractivity contribution < 1.29 is 14.3 Å². The minimum Gasteiger partial charge on any atom is -0.481 e. The first-order valence-corrected chi connectivity index (χ1v) is 6.18. The molecule has 1 N–H and O–H groups in total. The van der Waals surface area contributed by atoms with Gasteiger partial charge in [0, 0.05) is 5.25 Å². The summed E-state index contributed by atoms with van der Waals surface area (Å²) < 4.78 is 5.20. The minimum absolute atomic E-state index is 0.180. The van der Waals surface area contributed by atoms with Gasteiger partial charge in [0.25, 0.3) is 0 Å². The van der Waals surface area contributed by atoms with E-state index < -0.39 is 5.97 Å². The number of thioether (sulfide) groups is 1. The standard InChI is InChI=1S/C10H11ClO3S/c11-9-4-1-6(14-9)5-15-8-3-2-7(8)10(12)13/h1,4,7-8H,2-3,5H2,(H,12,13). The molecular weight excluding hydrogens is 236 g/mol. The molecule has 82 valence electrons. The molecule has 0 aliphatic heterocycles. The van der Waals surface area contributed by atoms with E-state index in [1.54, 1.807) is 17.8 Å². The molecular formula is C10H11ClO3S. The van der Waals surface area contributed by atoms with E-state index in [1.165, 1.54) is 0 Å². The minimum atomic E-state index is -0.684. The Kier molecular flexibility index (Phi) is 3.26. The highest BCUT2D eigenvalue weighted by Crippen LogP contribution is 2.39. The van der Waals surface area contributed by atoms with Crippen LogP contribution in [-0.4, -0.2) is 16.3 Å². The molecule has 5 heteroatoms. The van der Waals surface area contributed by atoms with Crippen molar-refractivity contribution in [3.8, 4) is 0 Å². The number of rotatable bonds is 4. The Hall–Kier alpha value is -0.610. The van der Waals surface area contributed by atoms with Crippen molar-refractivity contribution in [2.24, 2.45) is 5.92 Å². The number of furan rings is 1. The normalized spacial score (nSPS) is 24.9. The Morgan fingerprint density at radius 1 is 1.60 bits per heavy atom. The third-order valence-electron chi connectivity index (χ3n) is 2.60. The summed E-state index contributed by atoms with van der Waals surface area (Å²) in [6.07, 6.45) is 1.78. The van der Waals surface area contributed by atoms with Crippen LogP contribution in [0.1, 0.15) is 18.6 Å². The molecule has 1 aromatic rings. The largest absolute Gasteiger partial charge is 0.481 e. The van der Waals surface area contributed by atoms with E-state index in [0.29, 0.717) is 11.0 Å². The highest BCUT2D eigenvalue weighted by atomic mass is 35.5. The summed E-state index contributed by atoms with van der Waals surface area (Å²) in [5, 5.41) is 9.46. The number of carboxylic acids is 1. The van der Waals surface area contributed by atoms with Crippen LogP contribution in [0.4, 0.5) is 0 Å². The molecule has 0 bridgehead atoms. The Bertz CT molecular complexity index is 363. The lowest BCUT2D eigenvalue weighted by molar-refractivity contribution is -0.144. The Labute approximate surface area is 96.8 Å². The average Bonchev–Trinajstić information content (AvgIpc) is 2.48. The Morgan fingerprint density at radius 3 is 2.87 bits per heavy atom. The number of aliphatic carboxylic acids is 1. The maximum atomic E-state index is 10.7. The molecule has 0 saturated heterocycles. The van der Waals surface area contributed by atoms with E-state index in [-0.39, 0.29) is 11.2 Å². The van der Waals surface area contributed by atoms with Crippen molar-refractivity contribution >= 4 is 29.3 Å². The van der Waals surface area contributed by atoms with Crippen molar-refractivity contribution in [1.29, 1.82) is 0 Å². The first-order valence-electron chi connectivity index (χ1n) is 4.75. The predicted octanol–water partition coefficient (Wildman–Crippen LogP) is 3.03. The summed E-state index contributed by atoms with van der Waals surface area (Å²) in [6.45, 7) is 0. The van der Waals surface area contributed by atoms with Crippen LogP contribution in [0.3, 0.4) is 0 Å². The maximum Gasteiger partial charge on any atom is 0.307 e. The summed E-state index contributed by atoms with van der Waals surface area (Å²) in [5.41, 5.74) is 0. The van der Waals surface area contributed by atoms with Crippen LogP contribution in [0, 0.1) is 5.92 Å². The molecule has 0 spiro atoms. The Morgan fingerprint density at radius 2 is 2.40 bits per heavy atom. The van der Waals surface area contributed by atoms with Crippen LogP contribution in [-0.2, 0) is 10.5 Å². The molecule has 0 aromatic carbocycles. The van der Waals surface area contributed by atoms with Crippen LogP contribution in [0.2, 0.25) is 5.22 Å². The van der Waals surface area contributed by atoms with Gasteiger partial charge in [-0.25, -0.2) is 0 Å². The molecule has 1 heterocycles. The highest BCUT2D eigenvalue weighted by Gasteiger charge is 2.36. The zero-order valence-electron chi connectivity index (χ0n) is 7.98. The van der Waals surface area contributed by atoms with Crippen LogP contribution in [0.5, 0.6) is 0 Å². The van der Waals surface area contributed by atoms with Gasteiger partial charge in [0.15, 0.2) is 5.22 Å². The molecule has 3 nitrogen and oxygen atoms in total. The van der Waals surface area contributed by atoms with Crippen molar-refractivity contribution in [2.75, 3.05) is 0 Å². The zero-order valence-corrected chi connectivity index (χ0v) is 9.55. The second-order valence-corrected chi connectivity index (χ2v) is 5.18. The van der Waals surface area contributed by atoms with E-state index >= 15 is 0 Å². The molecule has 15 heavy (non-hydrogen) atoms. The third-order valence-corrected chi connectivity index (χ3v) is 4.24. The van der Waals surface area contributed by atoms with E-state index in [0.717, 1.165) is 18.6 Å². The molecule has 1 aliphatic carbocycles. The van der Waals surface area contributed by atoms with Gasteiger partial charge in [-0.15, -0.1) is 11.8 Å². The smallest absolute Gasteiger partial charge is 0.307 e. The van der Waals surface area contributed by atoms with Crippen LogP contribution >= 0.6 is 23.4 Å². The average molecular weight is 247 g/mol. The van der Waals surface area contributed by atoms with Crippen LogP contribution < -0.4 is 0 Å². The highest BCUT2D eigenvalue weighted by molar-refractivity contribution is 7.99. The number of carboxylic acid groups (broad SMARTS) is 1. The van der Waals surface area contributed by atoms with Gasteiger partial charge in [-0.3, -0.25) is 4.79 Å². The molecule has 0 amide bonds. The van der Waals surface area contributed by atoms with E-state index in [4.69, 9.17) is 21.1 Å². The number of halogens is 1. The van der Waals surface area contributed by atoms with Gasteiger partial charge in [-0.05, 0) is 36.6 Å². The van der Waals surface area contributed by atoms with Gasteiger partial charge >= 0.3 is 5.97 Å². The first kappa shape index (κ1) is 10.9. The first-order chi connectivity index (χ1) is 7.16. The van der Waals surface area contributed by atoms with E-state index in [9.17, 15) is 4.79 Å². The predicted molar refractivity (Wildman–Crippen MR) is 59.2 cm³/mol. The summed E-state index contributed by atoms with van der Waals surface area (Å²) >= 11 is 7.27. The van der Waals surface area contributed by atoms with Crippen molar-refractivity contribution in [1.82, 2.24) is 0 Å². The topological polar surface area (TPSA) is 50.4 Å². The van der Waals surface area contributed by atoms with Gasteiger partial charge in [-0.2, -0.15) is 0 Å². The number of hydrogen-bond donors (Lipinski definition) is 1. The fourth-order valence-corrected chi connectivity index (χ4v) is 3.05. The SMILES string of the molecule is O=C(O)C1CCC1SCc1ccc(Cl)o1. The molecule has 2 atom stereocenters. The summed E-state index contributed by atoms with van der Waals surface area (Å²) in [7, 11) is 0. The second-order valence-electron chi connectivity index (χ2n) is 3.58. The summed E-state index contributed by atoms with van der Waals surface area (Å²) in [5.74, 6) is 0.638.